The van der Waals surface area contributed by atoms with E-state index in [1.165, 1.54) is 0 Å². The molecule has 0 saturated heterocycles. The van der Waals surface area contributed by atoms with Crippen molar-refractivity contribution < 1.29 is 9.15 Å². The van der Waals surface area contributed by atoms with Crippen LogP contribution in [-0.4, -0.2) is 32.1 Å². The molecule has 0 saturated carbocycles. The summed E-state index contributed by atoms with van der Waals surface area (Å²) >= 11 is 0. The Bertz CT molecular complexity index is 530. The summed E-state index contributed by atoms with van der Waals surface area (Å²) in [4.78, 5) is 2.09. The average Bonchev–Trinajstić information content (AvgIpc) is 2.89. The highest BCUT2D eigenvalue weighted by molar-refractivity contribution is 5.58. The molecule has 2 aromatic rings. The standard InChI is InChI=1S/C16H22N2O2/c1-12(17)15-8-9-16(20-15)13-4-6-14(7-5-13)19-11-10-18(2)3/h4-9,12H,10-11,17H2,1-3H3. The van der Waals surface area contributed by atoms with Crippen molar-refractivity contribution in [3.63, 3.8) is 0 Å². The van der Waals surface area contributed by atoms with Crippen molar-refractivity contribution in [2.75, 3.05) is 27.2 Å². The van der Waals surface area contributed by atoms with Crippen LogP contribution in [0.3, 0.4) is 0 Å². The number of nitrogens with zero attached hydrogens (tertiary/aromatic N) is 1. The van der Waals surface area contributed by atoms with Gasteiger partial charge in [0.1, 0.15) is 23.9 Å². The molecule has 1 unspecified atom stereocenters. The Labute approximate surface area is 120 Å². The summed E-state index contributed by atoms with van der Waals surface area (Å²) in [5.74, 6) is 2.50. The van der Waals surface area contributed by atoms with Gasteiger partial charge in [0.25, 0.3) is 0 Å². The third kappa shape index (κ3) is 3.85. The highest BCUT2D eigenvalue weighted by Gasteiger charge is 2.08. The lowest BCUT2D eigenvalue weighted by atomic mass is 10.2. The van der Waals surface area contributed by atoms with Gasteiger partial charge in [0.05, 0.1) is 6.04 Å². The summed E-state index contributed by atoms with van der Waals surface area (Å²) in [6, 6.07) is 11.7. The molecule has 1 aromatic carbocycles. The van der Waals surface area contributed by atoms with Gasteiger partial charge in [-0.3, -0.25) is 0 Å². The van der Waals surface area contributed by atoms with Gasteiger partial charge in [0.15, 0.2) is 0 Å². The van der Waals surface area contributed by atoms with Gasteiger partial charge in [-0.05, 0) is 57.4 Å². The lowest BCUT2D eigenvalue weighted by Gasteiger charge is -2.11. The Morgan fingerprint density at radius 1 is 1.15 bits per heavy atom. The molecule has 0 aliphatic heterocycles. The van der Waals surface area contributed by atoms with Crippen LogP contribution in [0.2, 0.25) is 0 Å². The van der Waals surface area contributed by atoms with Gasteiger partial charge in [-0.2, -0.15) is 0 Å². The second-order valence-electron chi connectivity index (χ2n) is 5.17. The maximum absolute atomic E-state index is 5.79. The summed E-state index contributed by atoms with van der Waals surface area (Å²) in [6.07, 6.45) is 0. The van der Waals surface area contributed by atoms with Crippen molar-refractivity contribution in [3.05, 3.63) is 42.2 Å². The maximum atomic E-state index is 5.79. The molecular weight excluding hydrogens is 252 g/mol. The smallest absolute Gasteiger partial charge is 0.134 e. The number of furan rings is 1. The van der Waals surface area contributed by atoms with Crippen molar-refractivity contribution in [1.82, 2.24) is 4.90 Å². The molecule has 1 heterocycles. The fraction of sp³-hybridized carbons (Fsp3) is 0.375. The first-order valence-corrected chi connectivity index (χ1v) is 6.79. The first kappa shape index (κ1) is 14.6. The minimum atomic E-state index is -0.0857. The lowest BCUT2D eigenvalue weighted by molar-refractivity contribution is 0.261. The maximum Gasteiger partial charge on any atom is 0.134 e. The van der Waals surface area contributed by atoms with Crippen LogP contribution in [-0.2, 0) is 0 Å². The van der Waals surface area contributed by atoms with Gasteiger partial charge in [-0.25, -0.2) is 0 Å². The van der Waals surface area contributed by atoms with Crippen molar-refractivity contribution >= 4 is 0 Å². The molecule has 0 amide bonds. The normalized spacial score (nSPS) is 12.7. The van der Waals surface area contributed by atoms with Crippen molar-refractivity contribution in [1.29, 1.82) is 0 Å². The number of benzene rings is 1. The third-order valence-electron chi connectivity index (χ3n) is 3.02. The third-order valence-corrected chi connectivity index (χ3v) is 3.02. The topological polar surface area (TPSA) is 51.6 Å². The fourth-order valence-electron chi connectivity index (χ4n) is 1.81. The van der Waals surface area contributed by atoms with Crippen LogP contribution in [0.4, 0.5) is 0 Å². The van der Waals surface area contributed by atoms with E-state index in [1.54, 1.807) is 0 Å². The molecular formula is C16H22N2O2. The molecule has 0 aliphatic carbocycles. The molecule has 0 fully saturated rings. The second-order valence-corrected chi connectivity index (χ2v) is 5.17. The molecule has 0 spiro atoms. The molecule has 1 atom stereocenters. The second kappa shape index (κ2) is 6.59. The van der Waals surface area contributed by atoms with E-state index in [0.717, 1.165) is 29.4 Å². The minimum absolute atomic E-state index is 0.0857. The summed E-state index contributed by atoms with van der Waals surface area (Å²) in [5.41, 5.74) is 6.82. The van der Waals surface area contributed by atoms with Crippen LogP contribution in [0.15, 0.2) is 40.8 Å². The zero-order valence-corrected chi connectivity index (χ0v) is 12.3. The van der Waals surface area contributed by atoms with Crippen LogP contribution in [0.1, 0.15) is 18.7 Å². The number of hydrogen-bond donors (Lipinski definition) is 1. The van der Waals surface area contributed by atoms with Crippen LogP contribution < -0.4 is 10.5 Å². The molecule has 108 valence electrons. The van der Waals surface area contributed by atoms with Gasteiger partial charge in [-0.15, -0.1) is 0 Å². The number of hydrogen-bond acceptors (Lipinski definition) is 4. The monoisotopic (exact) mass is 274 g/mol. The Balaban J connectivity index is 2.00. The van der Waals surface area contributed by atoms with Crippen molar-refractivity contribution in [2.45, 2.75) is 13.0 Å². The van der Waals surface area contributed by atoms with E-state index in [-0.39, 0.29) is 6.04 Å². The molecule has 20 heavy (non-hydrogen) atoms. The van der Waals surface area contributed by atoms with Gasteiger partial charge in [-0.1, -0.05) is 0 Å². The molecule has 2 N–H and O–H groups in total. The zero-order valence-electron chi connectivity index (χ0n) is 12.3. The number of likely N-dealkylation sites (N-methyl/N-ethyl adjacent to an activating group) is 1. The predicted octanol–water partition coefficient (Wildman–Crippen LogP) is 2.91. The van der Waals surface area contributed by atoms with E-state index in [4.69, 9.17) is 14.9 Å². The van der Waals surface area contributed by atoms with E-state index in [0.29, 0.717) is 6.61 Å². The molecule has 1 aromatic heterocycles. The quantitative estimate of drug-likeness (QED) is 0.880. The molecule has 0 aliphatic rings. The van der Waals surface area contributed by atoms with Gasteiger partial charge >= 0.3 is 0 Å². The van der Waals surface area contributed by atoms with Gasteiger partial charge in [0.2, 0.25) is 0 Å². The van der Waals surface area contributed by atoms with E-state index < -0.39 is 0 Å². The predicted molar refractivity (Wildman–Crippen MR) is 80.8 cm³/mol. The zero-order chi connectivity index (χ0) is 14.5. The van der Waals surface area contributed by atoms with Gasteiger partial charge < -0.3 is 19.8 Å². The van der Waals surface area contributed by atoms with Crippen LogP contribution in [0.25, 0.3) is 11.3 Å². The minimum Gasteiger partial charge on any atom is -0.492 e. The summed E-state index contributed by atoms with van der Waals surface area (Å²) in [5, 5.41) is 0. The summed E-state index contributed by atoms with van der Waals surface area (Å²) in [6.45, 7) is 3.49. The fourth-order valence-corrected chi connectivity index (χ4v) is 1.81. The van der Waals surface area contributed by atoms with Crippen LogP contribution in [0, 0.1) is 0 Å². The Kier molecular flexibility index (Phi) is 4.82. The molecule has 2 rings (SSSR count). The largest absolute Gasteiger partial charge is 0.492 e. The Hall–Kier alpha value is -1.78. The Morgan fingerprint density at radius 2 is 1.85 bits per heavy atom. The molecule has 4 heteroatoms. The SMILES string of the molecule is CC(N)c1ccc(-c2ccc(OCCN(C)C)cc2)o1. The van der Waals surface area contributed by atoms with E-state index >= 15 is 0 Å². The summed E-state index contributed by atoms with van der Waals surface area (Å²) in [7, 11) is 4.05. The van der Waals surface area contributed by atoms with Gasteiger partial charge in [0, 0.05) is 12.1 Å². The first-order chi connectivity index (χ1) is 9.56. The summed E-state index contributed by atoms with van der Waals surface area (Å²) < 4.78 is 11.4. The van der Waals surface area contributed by atoms with E-state index in [9.17, 15) is 0 Å². The van der Waals surface area contributed by atoms with E-state index in [1.807, 2.05) is 57.4 Å². The van der Waals surface area contributed by atoms with Crippen molar-refractivity contribution in [3.8, 4) is 17.1 Å². The highest BCUT2D eigenvalue weighted by Crippen LogP contribution is 2.26. The van der Waals surface area contributed by atoms with Crippen LogP contribution in [0.5, 0.6) is 5.75 Å². The average molecular weight is 274 g/mol. The molecule has 0 radical (unpaired) electrons. The highest BCUT2D eigenvalue weighted by atomic mass is 16.5. The van der Waals surface area contributed by atoms with Crippen molar-refractivity contribution in [2.24, 2.45) is 5.73 Å². The number of ether oxygens (including phenoxy) is 1. The first-order valence-electron chi connectivity index (χ1n) is 6.79. The van der Waals surface area contributed by atoms with E-state index in [2.05, 4.69) is 4.90 Å². The number of rotatable bonds is 6. The van der Waals surface area contributed by atoms with Crippen LogP contribution >= 0.6 is 0 Å². The molecule has 0 bridgehead atoms. The Morgan fingerprint density at radius 3 is 2.40 bits per heavy atom. The number of nitrogens with two attached hydrogens (primary N) is 1. The lowest BCUT2D eigenvalue weighted by Crippen LogP contribution is -2.19. The molecule has 4 nitrogen and oxygen atoms in total.